The van der Waals surface area contributed by atoms with E-state index >= 15 is 0 Å². The second-order valence-electron chi connectivity index (χ2n) is 5.25. The van der Waals surface area contributed by atoms with Crippen molar-refractivity contribution in [3.8, 4) is 11.5 Å². The van der Waals surface area contributed by atoms with E-state index in [1.807, 2.05) is 24.3 Å². The maximum Gasteiger partial charge on any atom is 0.127 e. The van der Waals surface area contributed by atoms with Gasteiger partial charge in [-0.25, -0.2) is 0 Å². The van der Waals surface area contributed by atoms with Crippen molar-refractivity contribution in [3.05, 3.63) is 59.7 Å². The first kappa shape index (κ1) is 14.6. The SMILES string of the molecule is CCNCc1ccc(Oc2cccc(C(C)C)c2)cc1. The van der Waals surface area contributed by atoms with Gasteiger partial charge in [-0.2, -0.15) is 0 Å². The Kier molecular flexibility index (Phi) is 5.19. The summed E-state index contributed by atoms with van der Waals surface area (Å²) in [4.78, 5) is 0. The lowest BCUT2D eigenvalue weighted by atomic mass is 10.0. The van der Waals surface area contributed by atoms with Crippen LogP contribution in [0.1, 0.15) is 37.8 Å². The topological polar surface area (TPSA) is 21.3 Å². The van der Waals surface area contributed by atoms with E-state index in [-0.39, 0.29) is 0 Å². The molecule has 0 spiro atoms. The third kappa shape index (κ3) is 4.10. The number of benzene rings is 2. The van der Waals surface area contributed by atoms with Crippen molar-refractivity contribution >= 4 is 0 Å². The molecule has 0 aromatic heterocycles. The van der Waals surface area contributed by atoms with Gasteiger partial charge in [0.15, 0.2) is 0 Å². The Bertz CT molecular complexity index is 531. The molecule has 0 bridgehead atoms. The number of hydrogen-bond acceptors (Lipinski definition) is 2. The van der Waals surface area contributed by atoms with Gasteiger partial charge in [-0.3, -0.25) is 0 Å². The summed E-state index contributed by atoms with van der Waals surface area (Å²) in [7, 11) is 0. The minimum Gasteiger partial charge on any atom is -0.457 e. The molecule has 0 heterocycles. The second-order valence-corrected chi connectivity index (χ2v) is 5.25. The van der Waals surface area contributed by atoms with Gasteiger partial charge in [-0.1, -0.05) is 45.0 Å². The van der Waals surface area contributed by atoms with E-state index < -0.39 is 0 Å². The van der Waals surface area contributed by atoms with Gasteiger partial charge < -0.3 is 10.1 Å². The van der Waals surface area contributed by atoms with Crippen LogP contribution in [-0.2, 0) is 6.54 Å². The molecule has 2 rings (SSSR count). The lowest BCUT2D eigenvalue weighted by Gasteiger charge is -2.10. The largest absolute Gasteiger partial charge is 0.457 e. The molecule has 106 valence electrons. The molecule has 20 heavy (non-hydrogen) atoms. The van der Waals surface area contributed by atoms with Crippen molar-refractivity contribution in [1.82, 2.24) is 5.32 Å². The van der Waals surface area contributed by atoms with E-state index in [1.54, 1.807) is 0 Å². The van der Waals surface area contributed by atoms with Crippen LogP contribution in [0, 0.1) is 0 Å². The Morgan fingerprint density at radius 3 is 2.40 bits per heavy atom. The lowest BCUT2D eigenvalue weighted by molar-refractivity contribution is 0.481. The fraction of sp³-hybridized carbons (Fsp3) is 0.333. The molecule has 0 unspecified atom stereocenters. The Balaban J connectivity index is 2.04. The Morgan fingerprint density at radius 2 is 1.75 bits per heavy atom. The molecule has 0 aliphatic heterocycles. The molecule has 0 atom stereocenters. The van der Waals surface area contributed by atoms with E-state index in [0.717, 1.165) is 24.6 Å². The summed E-state index contributed by atoms with van der Waals surface area (Å²) in [5.74, 6) is 2.29. The first-order valence-electron chi connectivity index (χ1n) is 7.26. The highest BCUT2D eigenvalue weighted by molar-refractivity contribution is 5.36. The van der Waals surface area contributed by atoms with Gasteiger partial charge in [0.05, 0.1) is 0 Å². The summed E-state index contributed by atoms with van der Waals surface area (Å²) in [5, 5.41) is 3.31. The van der Waals surface area contributed by atoms with E-state index in [0.29, 0.717) is 5.92 Å². The quantitative estimate of drug-likeness (QED) is 0.820. The average Bonchev–Trinajstić information content (AvgIpc) is 2.47. The summed E-state index contributed by atoms with van der Waals surface area (Å²) >= 11 is 0. The van der Waals surface area contributed by atoms with Crippen molar-refractivity contribution in [2.24, 2.45) is 0 Å². The minimum absolute atomic E-state index is 0.515. The summed E-state index contributed by atoms with van der Waals surface area (Å²) in [5.41, 5.74) is 2.57. The first-order valence-corrected chi connectivity index (χ1v) is 7.26. The fourth-order valence-electron chi connectivity index (χ4n) is 2.02. The van der Waals surface area contributed by atoms with Crippen molar-refractivity contribution in [2.75, 3.05) is 6.54 Å². The van der Waals surface area contributed by atoms with Crippen LogP contribution in [0.3, 0.4) is 0 Å². The molecule has 0 amide bonds. The zero-order valence-corrected chi connectivity index (χ0v) is 12.5. The van der Waals surface area contributed by atoms with Crippen LogP contribution in [0.25, 0.3) is 0 Å². The van der Waals surface area contributed by atoms with Crippen molar-refractivity contribution in [2.45, 2.75) is 33.2 Å². The van der Waals surface area contributed by atoms with Gasteiger partial charge in [0.1, 0.15) is 11.5 Å². The van der Waals surface area contributed by atoms with Crippen LogP contribution in [0.2, 0.25) is 0 Å². The first-order chi connectivity index (χ1) is 9.69. The Labute approximate surface area is 121 Å². The molecule has 0 fully saturated rings. The standard InChI is InChI=1S/C18H23NO/c1-4-19-13-15-8-10-17(11-9-15)20-18-7-5-6-16(12-18)14(2)3/h5-12,14,19H,4,13H2,1-3H3. The van der Waals surface area contributed by atoms with Crippen LogP contribution < -0.4 is 10.1 Å². The van der Waals surface area contributed by atoms with E-state index in [1.165, 1.54) is 11.1 Å². The maximum atomic E-state index is 5.91. The summed E-state index contributed by atoms with van der Waals surface area (Å²) < 4.78 is 5.91. The van der Waals surface area contributed by atoms with E-state index in [2.05, 4.69) is 50.4 Å². The zero-order valence-electron chi connectivity index (χ0n) is 12.5. The van der Waals surface area contributed by atoms with Crippen molar-refractivity contribution < 1.29 is 4.74 Å². The monoisotopic (exact) mass is 269 g/mol. The Morgan fingerprint density at radius 1 is 1.00 bits per heavy atom. The molecular weight excluding hydrogens is 246 g/mol. The number of rotatable bonds is 6. The molecule has 2 aromatic rings. The zero-order chi connectivity index (χ0) is 14.4. The predicted octanol–water partition coefficient (Wildman–Crippen LogP) is 4.71. The van der Waals surface area contributed by atoms with Crippen molar-refractivity contribution in [1.29, 1.82) is 0 Å². The Hall–Kier alpha value is -1.80. The van der Waals surface area contributed by atoms with Crippen LogP contribution in [-0.4, -0.2) is 6.54 Å². The smallest absolute Gasteiger partial charge is 0.127 e. The highest BCUT2D eigenvalue weighted by atomic mass is 16.5. The molecular formula is C18H23NO. The van der Waals surface area contributed by atoms with Crippen LogP contribution in [0.15, 0.2) is 48.5 Å². The minimum atomic E-state index is 0.515. The highest BCUT2D eigenvalue weighted by Crippen LogP contribution is 2.25. The number of nitrogens with one attached hydrogen (secondary N) is 1. The molecule has 0 aliphatic carbocycles. The molecule has 0 aliphatic rings. The highest BCUT2D eigenvalue weighted by Gasteiger charge is 2.02. The van der Waals surface area contributed by atoms with Gasteiger partial charge in [-0.05, 0) is 47.9 Å². The second kappa shape index (κ2) is 7.11. The maximum absolute atomic E-state index is 5.91. The lowest BCUT2D eigenvalue weighted by Crippen LogP contribution is -2.11. The van der Waals surface area contributed by atoms with Crippen LogP contribution in [0.4, 0.5) is 0 Å². The third-order valence-corrected chi connectivity index (χ3v) is 3.26. The summed E-state index contributed by atoms with van der Waals surface area (Å²) in [6.45, 7) is 8.38. The van der Waals surface area contributed by atoms with E-state index in [4.69, 9.17) is 4.74 Å². The molecule has 2 aromatic carbocycles. The third-order valence-electron chi connectivity index (χ3n) is 3.26. The van der Waals surface area contributed by atoms with Gasteiger partial charge in [0.2, 0.25) is 0 Å². The van der Waals surface area contributed by atoms with Crippen molar-refractivity contribution in [3.63, 3.8) is 0 Å². The average molecular weight is 269 g/mol. The number of ether oxygens (including phenoxy) is 1. The fourth-order valence-corrected chi connectivity index (χ4v) is 2.02. The molecule has 0 radical (unpaired) electrons. The summed E-state index contributed by atoms with van der Waals surface area (Å²) in [6.07, 6.45) is 0. The molecule has 0 saturated carbocycles. The molecule has 0 saturated heterocycles. The van der Waals surface area contributed by atoms with Gasteiger partial charge in [0, 0.05) is 6.54 Å². The summed E-state index contributed by atoms with van der Waals surface area (Å²) in [6, 6.07) is 16.5. The van der Waals surface area contributed by atoms with Gasteiger partial charge >= 0.3 is 0 Å². The van der Waals surface area contributed by atoms with Crippen LogP contribution >= 0.6 is 0 Å². The van der Waals surface area contributed by atoms with E-state index in [9.17, 15) is 0 Å². The molecule has 1 N–H and O–H groups in total. The molecule has 2 nitrogen and oxygen atoms in total. The molecule has 2 heteroatoms. The normalized spacial score (nSPS) is 10.8. The predicted molar refractivity (Wildman–Crippen MR) is 84.4 cm³/mol. The van der Waals surface area contributed by atoms with Gasteiger partial charge in [0.25, 0.3) is 0 Å². The van der Waals surface area contributed by atoms with Crippen LogP contribution in [0.5, 0.6) is 11.5 Å². The number of hydrogen-bond donors (Lipinski definition) is 1. The van der Waals surface area contributed by atoms with Gasteiger partial charge in [-0.15, -0.1) is 0 Å².